The largest absolute Gasteiger partial charge is 0.481 e. The number of ether oxygens (including phenoxy) is 2. The van der Waals surface area contributed by atoms with E-state index in [0.29, 0.717) is 24.2 Å². The molecule has 1 aromatic heterocycles. The van der Waals surface area contributed by atoms with Gasteiger partial charge < -0.3 is 14.4 Å². The number of halogens is 2. The highest BCUT2D eigenvalue weighted by Crippen LogP contribution is 2.42. The smallest absolute Gasteiger partial charge is 0.225 e. The monoisotopic (exact) mass is 641 g/mol. The first-order valence-corrected chi connectivity index (χ1v) is 15.4. The first-order chi connectivity index (χ1) is 20.4. The first-order valence-electron chi connectivity index (χ1n) is 15.4. The second kappa shape index (κ2) is 14.9. The van der Waals surface area contributed by atoms with Gasteiger partial charge in [0.25, 0.3) is 0 Å². The van der Waals surface area contributed by atoms with Crippen molar-refractivity contribution in [1.29, 1.82) is 0 Å². The maximum Gasteiger partial charge on any atom is 0.225 e. The average molecular weight is 643 g/mol. The Hall–Kier alpha value is -2.91. The Labute approximate surface area is 274 Å². The summed E-state index contributed by atoms with van der Waals surface area (Å²) in [5, 5.41) is 0. The Bertz CT molecular complexity index is 1340. The van der Waals surface area contributed by atoms with Gasteiger partial charge in [-0.2, -0.15) is 9.97 Å². The van der Waals surface area contributed by atoms with Gasteiger partial charge in [-0.3, -0.25) is 14.6 Å². The number of piperazine rings is 2. The van der Waals surface area contributed by atoms with E-state index in [1.807, 2.05) is 18.7 Å². The third-order valence-electron chi connectivity index (χ3n) is 8.83. The molecule has 0 spiro atoms. The number of rotatable bonds is 9. The van der Waals surface area contributed by atoms with E-state index in [4.69, 9.17) is 19.4 Å². The second-order valence-corrected chi connectivity index (χ2v) is 12.2. The summed E-state index contributed by atoms with van der Waals surface area (Å²) < 4.78 is 12.2. The molecule has 3 fully saturated rings. The zero-order valence-corrected chi connectivity index (χ0v) is 27.7. The Morgan fingerprint density at radius 2 is 1.50 bits per heavy atom. The quantitative estimate of drug-likeness (QED) is 0.304. The Kier molecular flexibility index (Phi) is 11.5. The molecule has 3 heterocycles. The van der Waals surface area contributed by atoms with Crippen LogP contribution in [0.4, 0.5) is 0 Å². The van der Waals surface area contributed by atoms with Crippen LogP contribution in [0.2, 0.25) is 0 Å². The van der Waals surface area contributed by atoms with E-state index in [0.717, 1.165) is 57.0 Å². The molecule has 2 aliphatic heterocycles. The Balaban J connectivity index is 0.00000221. The zero-order chi connectivity index (χ0) is 29.2. The molecule has 2 saturated heterocycles. The summed E-state index contributed by atoms with van der Waals surface area (Å²) in [6.45, 7) is 10.4. The van der Waals surface area contributed by atoms with E-state index in [9.17, 15) is 4.79 Å². The topological polar surface area (TPSA) is 71.0 Å². The number of methoxy groups -OCH3 is 1. The molecule has 0 bridgehead atoms. The maximum atomic E-state index is 12.5. The summed E-state index contributed by atoms with van der Waals surface area (Å²) >= 11 is 0. The van der Waals surface area contributed by atoms with Crippen molar-refractivity contribution in [3.05, 3.63) is 83.2 Å². The van der Waals surface area contributed by atoms with E-state index in [1.54, 1.807) is 14.0 Å². The lowest BCUT2D eigenvalue weighted by molar-refractivity contribution is -0.134. The summed E-state index contributed by atoms with van der Waals surface area (Å²) in [6.07, 6.45) is 2.21. The zero-order valence-electron chi connectivity index (χ0n) is 26.1. The molecule has 1 aliphatic carbocycles. The molecule has 238 valence electrons. The Morgan fingerprint density at radius 3 is 2.05 bits per heavy atom. The van der Waals surface area contributed by atoms with Crippen LogP contribution >= 0.6 is 24.8 Å². The maximum absolute atomic E-state index is 12.5. The van der Waals surface area contributed by atoms with Gasteiger partial charge in [-0.25, -0.2) is 0 Å². The van der Waals surface area contributed by atoms with Gasteiger partial charge in [-0.15, -0.1) is 24.8 Å². The van der Waals surface area contributed by atoms with Crippen LogP contribution in [-0.2, 0) is 11.3 Å². The molecule has 2 aromatic carbocycles. The van der Waals surface area contributed by atoms with E-state index in [1.165, 1.54) is 11.1 Å². The number of hydrogen-bond acceptors (Lipinski definition) is 7. The highest BCUT2D eigenvalue weighted by atomic mass is 35.5. The van der Waals surface area contributed by atoms with Crippen molar-refractivity contribution < 1.29 is 14.3 Å². The fourth-order valence-corrected chi connectivity index (χ4v) is 6.71. The molecular weight excluding hydrogens is 597 g/mol. The van der Waals surface area contributed by atoms with Gasteiger partial charge >= 0.3 is 0 Å². The standard InChI is InChI=1S/C34H43N5O3.2ClH/c1-23(2)42-34-29(33(41-4)35-32(36-34)27-15-16-27)21-37-19-28-20-38(24(3)40)17-18-39(28)30(22-37)31(25-11-7-5-8-12-25)26-13-9-6-10-14-26;;/h5-14,23,27-28,30-31H,15-22H2,1-4H3;2*1H/t28-,30+;;/m1../s1. The average Bonchev–Trinajstić information content (AvgIpc) is 3.84. The minimum Gasteiger partial charge on any atom is -0.481 e. The number of amides is 1. The molecular formula is C34H45Cl2N5O3. The SMILES string of the molecule is COc1nc(C2CC2)nc(OC(C)C)c1CN1C[C@@H]2CN(C(C)=O)CCN2[C@H](C(c2ccccc2)c2ccccc2)C1.Cl.Cl. The van der Waals surface area contributed by atoms with Crippen molar-refractivity contribution in [2.24, 2.45) is 0 Å². The molecule has 0 radical (unpaired) electrons. The Morgan fingerprint density at radius 1 is 0.886 bits per heavy atom. The molecule has 8 nitrogen and oxygen atoms in total. The molecule has 3 aromatic rings. The van der Waals surface area contributed by atoms with Gasteiger partial charge in [0.15, 0.2) is 0 Å². The highest BCUT2D eigenvalue weighted by Gasteiger charge is 2.43. The van der Waals surface area contributed by atoms with Gasteiger partial charge in [-0.05, 0) is 37.8 Å². The predicted octanol–water partition coefficient (Wildman–Crippen LogP) is 5.54. The summed E-state index contributed by atoms with van der Waals surface area (Å²) in [5.41, 5.74) is 3.52. The molecule has 6 rings (SSSR count). The minimum absolute atomic E-state index is 0. The summed E-state index contributed by atoms with van der Waals surface area (Å²) in [4.78, 5) is 29.4. The number of carbonyl (C=O) groups is 1. The lowest BCUT2D eigenvalue weighted by Gasteiger charge is -2.53. The number of nitrogens with zero attached hydrogens (tertiary/aromatic N) is 5. The lowest BCUT2D eigenvalue weighted by Crippen LogP contribution is -2.67. The van der Waals surface area contributed by atoms with Crippen LogP contribution in [0.1, 0.15) is 68.0 Å². The predicted molar refractivity (Wildman–Crippen MR) is 177 cm³/mol. The number of aromatic nitrogens is 2. The summed E-state index contributed by atoms with van der Waals surface area (Å²) in [6, 6.07) is 22.1. The number of benzene rings is 2. The molecule has 3 aliphatic rings. The van der Waals surface area contributed by atoms with Gasteiger partial charge in [0.05, 0.1) is 18.8 Å². The van der Waals surface area contributed by atoms with Crippen molar-refractivity contribution in [1.82, 2.24) is 24.7 Å². The highest BCUT2D eigenvalue weighted by molar-refractivity contribution is 5.85. The molecule has 1 saturated carbocycles. The molecule has 0 unspecified atom stereocenters. The molecule has 10 heteroatoms. The number of carbonyl (C=O) groups excluding carboxylic acids is 1. The van der Waals surface area contributed by atoms with Gasteiger partial charge in [0, 0.05) is 70.1 Å². The fraction of sp³-hybridized carbons (Fsp3) is 0.500. The van der Waals surface area contributed by atoms with E-state index in [-0.39, 0.29) is 54.8 Å². The van der Waals surface area contributed by atoms with Crippen LogP contribution < -0.4 is 9.47 Å². The van der Waals surface area contributed by atoms with Crippen molar-refractivity contribution in [2.75, 3.05) is 39.8 Å². The van der Waals surface area contributed by atoms with Gasteiger partial charge in [0.2, 0.25) is 17.7 Å². The van der Waals surface area contributed by atoms with Crippen molar-refractivity contribution in [3.63, 3.8) is 0 Å². The van der Waals surface area contributed by atoms with Gasteiger partial charge in [-0.1, -0.05) is 60.7 Å². The fourth-order valence-electron chi connectivity index (χ4n) is 6.71. The third kappa shape index (κ3) is 7.48. The van der Waals surface area contributed by atoms with Crippen LogP contribution in [0.3, 0.4) is 0 Å². The van der Waals surface area contributed by atoms with Gasteiger partial charge in [0.1, 0.15) is 5.82 Å². The van der Waals surface area contributed by atoms with Crippen molar-refractivity contribution >= 4 is 30.7 Å². The van der Waals surface area contributed by atoms with Crippen LogP contribution in [0.5, 0.6) is 11.8 Å². The normalized spacial score (nSPS) is 20.5. The minimum atomic E-state index is -0.0111. The number of fused-ring (bicyclic) bond motifs is 1. The summed E-state index contributed by atoms with van der Waals surface area (Å²) in [5.74, 6) is 2.79. The van der Waals surface area contributed by atoms with E-state index >= 15 is 0 Å². The van der Waals surface area contributed by atoms with Crippen LogP contribution in [0.15, 0.2) is 60.7 Å². The number of hydrogen-bond donors (Lipinski definition) is 0. The lowest BCUT2D eigenvalue weighted by atomic mass is 9.81. The molecule has 44 heavy (non-hydrogen) atoms. The van der Waals surface area contributed by atoms with Crippen molar-refractivity contribution in [3.8, 4) is 11.8 Å². The second-order valence-electron chi connectivity index (χ2n) is 12.2. The summed E-state index contributed by atoms with van der Waals surface area (Å²) in [7, 11) is 1.69. The molecule has 2 atom stereocenters. The third-order valence-corrected chi connectivity index (χ3v) is 8.83. The van der Waals surface area contributed by atoms with Crippen molar-refractivity contribution in [2.45, 2.75) is 70.2 Å². The van der Waals surface area contributed by atoms with E-state index in [2.05, 4.69) is 70.5 Å². The van der Waals surface area contributed by atoms with Crippen LogP contribution in [0.25, 0.3) is 0 Å². The first kappa shape index (κ1) is 34.0. The van der Waals surface area contributed by atoms with E-state index < -0.39 is 0 Å². The molecule has 1 amide bonds. The van der Waals surface area contributed by atoms with Crippen LogP contribution in [-0.4, -0.2) is 88.6 Å². The molecule has 0 N–H and O–H groups in total. The van der Waals surface area contributed by atoms with Crippen LogP contribution in [0, 0.1) is 0 Å².